The van der Waals surface area contributed by atoms with Crippen molar-refractivity contribution in [1.82, 2.24) is 4.90 Å². The van der Waals surface area contributed by atoms with Gasteiger partial charge in [0.2, 0.25) is 5.76 Å². The van der Waals surface area contributed by atoms with Crippen molar-refractivity contribution in [3.63, 3.8) is 0 Å². The summed E-state index contributed by atoms with van der Waals surface area (Å²) in [6, 6.07) is 20.5. The fraction of sp³-hybridized carbons (Fsp3) is 0.120. The van der Waals surface area contributed by atoms with E-state index in [1.807, 2.05) is 6.07 Å². The number of aliphatic hydroxyl groups is 1. The highest BCUT2D eigenvalue weighted by Gasteiger charge is 2.44. The zero-order valence-electron chi connectivity index (χ0n) is 16.4. The molecule has 4 aromatic rings. The maximum atomic E-state index is 14.8. The number of benzene rings is 3. The van der Waals surface area contributed by atoms with Crippen LogP contribution in [0, 0.1) is 5.82 Å². The molecule has 3 aromatic carbocycles. The summed E-state index contributed by atoms with van der Waals surface area (Å²) in [6.45, 7) is -0.123. The van der Waals surface area contributed by atoms with E-state index in [-0.39, 0.29) is 34.4 Å². The quantitative estimate of drug-likeness (QED) is 0.542. The van der Waals surface area contributed by atoms with Crippen LogP contribution in [0.15, 0.2) is 88.1 Å². The molecular weight excluding hydrogens is 397 g/mol. The summed E-state index contributed by atoms with van der Waals surface area (Å²) in [7, 11) is 0. The number of hydrogen-bond donors (Lipinski definition) is 1. The minimum atomic E-state index is -1.02. The topological polar surface area (TPSA) is 70.8 Å². The van der Waals surface area contributed by atoms with Crippen LogP contribution >= 0.6 is 0 Å². The second-order valence-corrected chi connectivity index (χ2v) is 7.48. The first-order chi connectivity index (χ1) is 15.1. The first kappa shape index (κ1) is 19.2. The Morgan fingerprint density at radius 3 is 2.39 bits per heavy atom. The monoisotopic (exact) mass is 415 g/mol. The molecule has 1 amide bonds. The molecule has 6 heteroatoms. The van der Waals surface area contributed by atoms with Crippen LogP contribution in [-0.4, -0.2) is 22.5 Å². The van der Waals surface area contributed by atoms with E-state index in [1.54, 1.807) is 66.7 Å². The molecule has 1 aromatic heterocycles. The van der Waals surface area contributed by atoms with Gasteiger partial charge in [0.25, 0.3) is 5.91 Å². The average molecular weight is 415 g/mol. The third kappa shape index (κ3) is 3.12. The molecule has 0 saturated heterocycles. The van der Waals surface area contributed by atoms with E-state index in [0.717, 1.165) is 0 Å². The number of aliphatic hydroxyl groups excluding tert-OH is 1. The fourth-order valence-corrected chi connectivity index (χ4v) is 4.14. The van der Waals surface area contributed by atoms with Crippen LogP contribution in [0.4, 0.5) is 4.39 Å². The smallest absolute Gasteiger partial charge is 0.291 e. The zero-order chi connectivity index (χ0) is 21.5. The Labute approximate surface area is 177 Å². The maximum Gasteiger partial charge on any atom is 0.291 e. The SMILES string of the molecule is O=C1c2oc3ccccc3c(=O)c2[C@@H](c2ccccc2F)N1C[C@@H](O)c1ccccc1. The highest BCUT2D eigenvalue weighted by Crippen LogP contribution is 2.40. The normalized spacial score (nSPS) is 16.5. The molecule has 5 rings (SSSR count). The molecule has 1 aliphatic rings. The first-order valence-electron chi connectivity index (χ1n) is 9.90. The first-order valence-corrected chi connectivity index (χ1v) is 9.90. The standard InChI is InChI=1S/C25H18FNO4/c26-18-12-6-4-10-16(18)22-21-23(29)17-11-5-7-13-20(17)31-24(21)25(30)27(22)14-19(28)15-8-2-1-3-9-15/h1-13,19,22,28H,14H2/t19-,22-/m1/s1. The van der Waals surface area contributed by atoms with Crippen molar-refractivity contribution in [1.29, 1.82) is 0 Å². The molecule has 0 aliphatic carbocycles. The second-order valence-electron chi connectivity index (χ2n) is 7.48. The minimum absolute atomic E-state index is 0.0917. The van der Waals surface area contributed by atoms with Gasteiger partial charge in [0.15, 0.2) is 5.43 Å². The summed E-state index contributed by atoms with van der Waals surface area (Å²) in [4.78, 5) is 28.0. The van der Waals surface area contributed by atoms with Gasteiger partial charge in [-0.2, -0.15) is 0 Å². The van der Waals surface area contributed by atoms with Crippen LogP contribution in [-0.2, 0) is 0 Å². The van der Waals surface area contributed by atoms with Gasteiger partial charge in [-0.05, 0) is 23.8 Å². The molecule has 154 valence electrons. The van der Waals surface area contributed by atoms with Crippen molar-refractivity contribution in [3.8, 4) is 0 Å². The highest BCUT2D eigenvalue weighted by molar-refractivity contribution is 5.99. The molecule has 2 heterocycles. The Bertz CT molecular complexity index is 1350. The fourth-order valence-electron chi connectivity index (χ4n) is 4.14. The number of carbonyl (C=O) groups excluding carboxylic acids is 1. The lowest BCUT2D eigenvalue weighted by Gasteiger charge is -2.27. The molecule has 2 atom stereocenters. The summed E-state index contributed by atoms with van der Waals surface area (Å²) in [5.41, 5.74) is 0.794. The van der Waals surface area contributed by atoms with Gasteiger partial charge in [0.1, 0.15) is 11.4 Å². The summed E-state index contributed by atoms with van der Waals surface area (Å²) < 4.78 is 20.6. The van der Waals surface area contributed by atoms with Crippen LogP contribution in [0.3, 0.4) is 0 Å². The van der Waals surface area contributed by atoms with Gasteiger partial charge in [0.05, 0.1) is 29.6 Å². The van der Waals surface area contributed by atoms with Crippen molar-refractivity contribution < 1.29 is 18.7 Å². The Balaban J connectivity index is 1.69. The van der Waals surface area contributed by atoms with E-state index < -0.39 is 23.9 Å². The molecule has 5 nitrogen and oxygen atoms in total. The number of para-hydroxylation sites is 1. The predicted molar refractivity (Wildman–Crippen MR) is 113 cm³/mol. The number of nitrogens with zero attached hydrogens (tertiary/aromatic N) is 1. The Morgan fingerprint density at radius 1 is 0.935 bits per heavy atom. The number of halogens is 1. The molecule has 0 saturated carbocycles. The summed E-state index contributed by atoms with van der Waals surface area (Å²) in [5.74, 6) is -1.21. The summed E-state index contributed by atoms with van der Waals surface area (Å²) >= 11 is 0. The number of hydrogen-bond acceptors (Lipinski definition) is 4. The van der Waals surface area contributed by atoms with Crippen LogP contribution in [0.5, 0.6) is 0 Å². The largest absolute Gasteiger partial charge is 0.450 e. The molecule has 31 heavy (non-hydrogen) atoms. The highest BCUT2D eigenvalue weighted by atomic mass is 19.1. The van der Waals surface area contributed by atoms with E-state index in [4.69, 9.17) is 4.42 Å². The van der Waals surface area contributed by atoms with E-state index in [2.05, 4.69) is 0 Å². The molecular formula is C25H18FNO4. The van der Waals surface area contributed by atoms with Gasteiger partial charge in [0, 0.05) is 5.56 Å². The summed E-state index contributed by atoms with van der Waals surface area (Å²) in [5, 5.41) is 11.1. The van der Waals surface area contributed by atoms with Crippen LogP contribution < -0.4 is 5.43 Å². The van der Waals surface area contributed by atoms with Gasteiger partial charge >= 0.3 is 0 Å². The molecule has 0 radical (unpaired) electrons. The van der Waals surface area contributed by atoms with E-state index in [0.29, 0.717) is 10.9 Å². The van der Waals surface area contributed by atoms with Gasteiger partial charge in [-0.15, -0.1) is 0 Å². The van der Waals surface area contributed by atoms with Crippen LogP contribution in [0.1, 0.15) is 39.4 Å². The van der Waals surface area contributed by atoms with Gasteiger partial charge in [-0.1, -0.05) is 60.7 Å². The van der Waals surface area contributed by atoms with E-state index in [1.165, 1.54) is 11.0 Å². The van der Waals surface area contributed by atoms with Crippen molar-refractivity contribution >= 4 is 16.9 Å². The van der Waals surface area contributed by atoms with E-state index >= 15 is 0 Å². The number of β-amino-alcohol motifs (C(OH)–C–C–N with tert-alkyl or cyclic N) is 1. The zero-order valence-corrected chi connectivity index (χ0v) is 16.4. The van der Waals surface area contributed by atoms with Crippen molar-refractivity contribution in [2.75, 3.05) is 6.54 Å². The Kier molecular flexibility index (Phi) is 4.64. The number of rotatable bonds is 4. The van der Waals surface area contributed by atoms with Crippen molar-refractivity contribution in [3.05, 3.63) is 117 Å². The van der Waals surface area contributed by atoms with Crippen LogP contribution in [0.25, 0.3) is 11.0 Å². The maximum absolute atomic E-state index is 14.8. The lowest BCUT2D eigenvalue weighted by atomic mass is 9.97. The Hall–Kier alpha value is -3.77. The second kappa shape index (κ2) is 7.49. The number of fused-ring (bicyclic) bond motifs is 2. The predicted octanol–water partition coefficient (Wildman–Crippen LogP) is 4.21. The van der Waals surface area contributed by atoms with Gasteiger partial charge in [-0.3, -0.25) is 9.59 Å². The average Bonchev–Trinajstić information content (AvgIpc) is 3.06. The lowest BCUT2D eigenvalue weighted by molar-refractivity contribution is 0.0580. The third-order valence-corrected chi connectivity index (χ3v) is 5.63. The molecule has 0 fully saturated rings. The minimum Gasteiger partial charge on any atom is -0.450 e. The van der Waals surface area contributed by atoms with Gasteiger partial charge in [-0.25, -0.2) is 4.39 Å². The van der Waals surface area contributed by atoms with E-state index in [9.17, 15) is 19.1 Å². The van der Waals surface area contributed by atoms with Crippen molar-refractivity contribution in [2.45, 2.75) is 12.1 Å². The summed E-state index contributed by atoms with van der Waals surface area (Å²) in [6.07, 6.45) is -1.02. The number of amides is 1. The molecule has 0 unspecified atom stereocenters. The molecule has 1 N–H and O–H groups in total. The van der Waals surface area contributed by atoms with Crippen LogP contribution in [0.2, 0.25) is 0 Å². The molecule has 0 bridgehead atoms. The number of carbonyl (C=O) groups is 1. The molecule has 0 spiro atoms. The van der Waals surface area contributed by atoms with Crippen molar-refractivity contribution in [2.24, 2.45) is 0 Å². The molecule has 1 aliphatic heterocycles. The third-order valence-electron chi connectivity index (χ3n) is 5.63. The van der Waals surface area contributed by atoms with Gasteiger partial charge < -0.3 is 14.4 Å². The lowest BCUT2D eigenvalue weighted by Crippen LogP contribution is -2.34. The Morgan fingerprint density at radius 2 is 1.61 bits per heavy atom.